The SMILES string of the molecule is Cc1nc(-c2ccc3c(c2)OC(F)(F)O3)c(-c2cccc(Br)c2)o1. The molecule has 24 heavy (non-hydrogen) atoms. The lowest BCUT2D eigenvalue weighted by Crippen LogP contribution is -2.25. The third kappa shape index (κ3) is 2.65. The Morgan fingerprint density at radius 3 is 2.58 bits per heavy atom. The highest BCUT2D eigenvalue weighted by Crippen LogP contribution is 2.44. The molecular formula is C17H10BrF2NO3. The first kappa shape index (κ1) is 15.1. The van der Waals surface area contributed by atoms with Crippen molar-refractivity contribution in [1.29, 1.82) is 0 Å². The Bertz CT molecular complexity index is 939. The molecule has 1 aliphatic rings. The average Bonchev–Trinajstić information content (AvgIpc) is 3.04. The molecule has 2 heterocycles. The number of ether oxygens (including phenoxy) is 2. The summed E-state index contributed by atoms with van der Waals surface area (Å²) in [7, 11) is 0. The van der Waals surface area contributed by atoms with Crippen LogP contribution in [-0.2, 0) is 0 Å². The maximum Gasteiger partial charge on any atom is 0.586 e. The monoisotopic (exact) mass is 393 g/mol. The summed E-state index contributed by atoms with van der Waals surface area (Å²) in [4.78, 5) is 4.38. The molecular weight excluding hydrogens is 384 g/mol. The number of fused-ring (bicyclic) bond motifs is 1. The molecule has 0 aliphatic carbocycles. The predicted molar refractivity (Wildman–Crippen MR) is 86.0 cm³/mol. The number of hydrogen-bond donors (Lipinski definition) is 0. The fourth-order valence-corrected chi connectivity index (χ4v) is 2.94. The number of benzene rings is 2. The van der Waals surface area contributed by atoms with Crippen LogP contribution < -0.4 is 9.47 Å². The molecule has 3 aromatic rings. The second-order valence-corrected chi connectivity index (χ2v) is 6.17. The van der Waals surface area contributed by atoms with Crippen molar-refractivity contribution in [1.82, 2.24) is 4.98 Å². The summed E-state index contributed by atoms with van der Waals surface area (Å²) >= 11 is 3.42. The van der Waals surface area contributed by atoms with Crippen LogP contribution >= 0.6 is 15.9 Å². The third-order valence-electron chi connectivity index (χ3n) is 3.50. The van der Waals surface area contributed by atoms with Crippen molar-refractivity contribution in [2.24, 2.45) is 0 Å². The normalized spacial score (nSPS) is 14.8. The minimum atomic E-state index is -3.65. The molecule has 4 nitrogen and oxygen atoms in total. The summed E-state index contributed by atoms with van der Waals surface area (Å²) < 4.78 is 41.9. The molecule has 0 atom stereocenters. The molecule has 122 valence electrons. The fourth-order valence-electron chi connectivity index (χ4n) is 2.54. The number of hydrogen-bond acceptors (Lipinski definition) is 4. The van der Waals surface area contributed by atoms with Crippen LogP contribution in [0.1, 0.15) is 5.89 Å². The van der Waals surface area contributed by atoms with Crippen molar-refractivity contribution in [2.75, 3.05) is 0 Å². The second-order valence-electron chi connectivity index (χ2n) is 5.25. The number of oxazole rings is 1. The van der Waals surface area contributed by atoms with Gasteiger partial charge in [0.25, 0.3) is 0 Å². The van der Waals surface area contributed by atoms with E-state index in [2.05, 4.69) is 30.4 Å². The van der Waals surface area contributed by atoms with Gasteiger partial charge in [-0.1, -0.05) is 28.1 Å². The largest absolute Gasteiger partial charge is 0.586 e. The number of rotatable bonds is 2. The molecule has 0 saturated heterocycles. The van der Waals surface area contributed by atoms with Gasteiger partial charge in [0.1, 0.15) is 5.69 Å². The zero-order valence-corrected chi connectivity index (χ0v) is 13.9. The smallest absolute Gasteiger partial charge is 0.440 e. The topological polar surface area (TPSA) is 44.5 Å². The highest BCUT2D eigenvalue weighted by molar-refractivity contribution is 9.10. The van der Waals surface area contributed by atoms with E-state index in [-0.39, 0.29) is 11.5 Å². The first-order chi connectivity index (χ1) is 11.4. The van der Waals surface area contributed by atoms with E-state index < -0.39 is 6.29 Å². The Hall–Kier alpha value is -2.41. The Kier molecular flexibility index (Phi) is 3.35. The van der Waals surface area contributed by atoms with E-state index in [1.54, 1.807) is 13.0 Å². The Morgan fingerprint density at radius 2 is 1.79 bits per heavy atom. The minimum Gasteiger partial charge on any atom is -0.440 e. The molecule has 1 aromatic heterocycles. The van der Waals surface area contributed by atoms with E-state index in [1.807, 2.05) is 24.3 Å². The highest BCUT2D eigenvalue weighted by atomic mass is 79.9. The quantitative estimate of drug-likeness (QED) is 0.584. The molecule has 0 fully saturated rings. The Labute approximate surface area is 144 Å². The van der Waals surface area contributed by atoms with Gasteiger partial charge in [0.15, 0.2) is 23.1 Å². The van der Waals surface area contributed by atoms with Gasteiger partial charge in [0.05, 0.1) is 0 Å². The van der Waals surface area contributed by atoms with E-state index in [9.17, 15) is 8.78 Å². The maximum absolute atomic E-state index is 13.2. The zero-order valence-electron chi connectivity index (χ0n) is 12.3. The predicted octanol–water partition coefficient (Wildman–Crippen LogP) is 5.40. The summed E-state index contributed by atoms with van der Waals surface area (Å²) in [5, 5.41) is 0. The van der Waals surface area contributed by atoms with E-state index in [1.165, 1.54) is 12.1 Å². The van der Waals surface area contributed by atoms with Crippen molar-refractivity contribution in [3.8, 4) is 34.1 Å². The molecule has 2 aromatic carbocycles. The van der Waals surface area contributed by atoms with Crippen molar-refractivity contribution < 1.29 is 22.7 Å². The van der Waals surface area contributed by atoms with Crippen molar-refractivity contribution in [3.63, 3.8) is 0 Å². The van der Waals surface area contributed by atoms with Gasteiger partial charge < -0.3 is 13.9 Å². The van der Waals surface area contributed by atoms with Crippen LogP contribution in [0.4, 0.5) is 8.78 Å². The summed E-state index contributed by atoms with van der Waals surface area (Å²) in [6.07, 6.45) is -3.65. The van der Waals surface area contributed by atoms with Crippen molar-refractivity contribution in [2.45, 2.75) is 13.2 Å². The molecule has 0 saturated carbocycles. The summed E-state index contributed by atoms with van der Waals surface area (Å²) in [5.41, 5.74) is 1.97. The van der Waals surface area contributed by atoms with Gasteiger partial charge in [-0.05, 0) is 30.3 Å². The molecule has 0 unspecified atom stereocenters. The third-order valence-corrected chi connectivity index (χ3v) is 3.99. The van der Waals surface area contributed by atoms with Crippen LogP contribution in [0.25, 0.3) is 22.6 Å². The molecule has 7 heteroatoms. The molecule has 0 radical (unpaired) electrons. The second kappa shape index (κ2) is 5.31. The molecule has 0 N–H and O–H groups in total. The number of halogens is 3. The zero-order chi connectivity index (χ0) is 16.9. The van der Waals surface area contributed by atoms with Crippen LogP contribution in [0.2, 0.25) is 0 Å². The van der Waals surface area contributed by atoms with E-state index in [0.717, 1.165) is 10.0 Å². The van der Waals surface area contributed by atoms with Gasteiger partial charge in [-0.15, -0.1) is 8.78 Å². The lowest BCUT2D eigenvalue weighted by molar-refractivity contribution is -0.286. The maximum atomic E-state index is 13.2. The number of aryl methyl sites for hydroxylation is 1. The standard InChI is InChI=1S/C17H10BrF2NO3/c1-9-21-15(16(22-9)11-3-2-4-12(18)7-11)10-5-6-13-14(8-10)24-17(19,20)23-13/h2-8H,1H3. The van der Waals surface area contributed by atoms with Crippen LogP contribution in [-0.4, -0.2) is 11.3 Å². The van der Waals surface area contributed by atoms with Crippen LogP contribution in [0.5, 0.6) is 11.5 Å². The first-order valence-electron chi connectivity index (χ1n) is 7.05. The van der Waals surface area contributed by atoms with E-state index in [4.69, 9.17) is 4.42 Å². The molecule has 0 amide bonds. The molecule has 0 spiro atoms. The van der Waals surface area contributed by atoms with Gasteiger partial charge in [-0.3, -0.25) is 0 Å². The average molecular weight is 394 g/mol. The van der Waals surface area contributed by atoms with Crippen LogP contribution in [0.15, 0.2) is 51.4 Å². The number of aromatic nitrogens is 1. The fraction of sp³-hybridized carbons (Fsp3) is 0.118. The molecule has 4 rings (SSSR count). The summed E-state index contributed by atoms with van der Waals surface area (Å²) in [5.74, 6) is 0.994. The van der Waals surface area contributed by atoms with Gasteiger partial charge in [0, 0.05) is 22.5 Å². The van der Waals surface area contributed by atoms with Crippen LogP contribution in [0.3, 0.4) is 0 Å². The van der Waals surface area contributed by atoms with Gasteiger partial charge in [-0.2, -0.15) is 0 Å². The van der Waals surface area contributed by atoms with Gasteiger partial charge >= 0.3 is 6.29 Å². The lowest BCUT2D eigenvalue weighted by atomic mass is 10.1. The molecule has 0 bridgehead atoms. The van der Waals surface area contributed by atoms with Gasteiger partial charge in [-0.25, -0.2) is 4.98 Å². The first-order valence-corrected chi connectivity index (χ1v) is 7.84. The minimum absolute atomic E-state index is 0.00651. The summed E-state index contributed by atoms with van der Waals surface area (Å²) in [6, 6.07) is 12.1. The van der Waals surface area contributed by atoms with Crippen LogP contribution in [0, 0.1) is 6.92 Å². The number of nitrogens with zero attached hydrogens (tertiary/aromatic N) is 1. The Morgan fingerprint density at radius 1 is 1.00 bits per heavy atom. The Balaban J connectivity index is 1.82. The lowest BCUT2D eigenvalue weighted by Gasteiger charge is -2.04. The van der Waals surface area contributed by atoms with Crippen molar-refractivity contribution >= 4 is 15.9 Å². The number of alkyl halides is 2. The van der Waals surface area contributed by atoms with E-state index >= 15 is 0 Å². The van der Waals surface area contributed by atoms with Gasteiger partial charge in [0.2, 0.25) is 0 Å². The molecule has 1 aliphatic heterocycles. The summed E-state index contributed by atoms with van der Waals surface area (Å²) in [6.45, 7) is 1.73. The van der Waals surface area contributed by atoms with E-state index in [0.29, 0.717) is 22.9 Å². The highest BCUT2D eigenvalue weighted by Gasteiger charge is 2.43. The van der Waals surface area contributed by atoms with Crippen molar-refractivity contribution in [3.05, 3.63) is 52.8 Å².